The van der Waals surface area contributed by atoms with E-state index in [1.54, 1.807) is 0 Å². The average Bonchev–Trinajstić information content (AvgIpc) is 3.05. The van der Waals surface area contributed by atoms with E-state index in [0.717, 1.165) is 51.4 Å². The van der Waals surface area contributed by atoms with E-state index in [9.17, 15) is 29.4 Å². The molecule has 2 aliphatic heterocycles. The summed E-state index contributed by atoms with van der Waals surface area (Å²) in [6.07, 6.45) is 1.35. The van der Waals surface area contributed by atoms with Gasteiger partial charge in [0.2, 0.25) is 11.8 Å². The predicted molar refractivity (Wildman–Crippen MR) is 190 cm³/mol. The maximum absolute atomic E-state index is 11.7. The molecule has 2 aliphatic rings. The summed E-state index contributed by atoms with van der Waals surface area (Å²) in [7, 11) is 0. The van der Waals surface area contributed by atoms with Gasteiger partial charge in [0.1, 0.15) is 42.1 Å². The predicted octanol–water partition coefficient (Wildman–Crippen LogP) is 1.58. The monoisotopic (exact) mass is 749 g/mol. The highest BCUT2D eigenvalue weighted by atomic mass is 16.7. The van der Waals surface area contributed by atoms with Crippen molar-refractivity contribution >= 4 is 23.8 Å². The van der Waals surface area contributed by atoms with Gasteiger partial charge in [-0.25, -0.2) is 0 Å². The fraction of sp³-hybridized carbons (Fsp3) is 0.889. The number of ether oxygens (including phenoxy) is 6. The number of nitrogens with two attached hydrogens (primary N) is 1. The first-order valence-electron chi connectivity index (χ1n) is 18.6. The van der Waals surface area contributed by atoms with Crippen LogP contribution in [0.25, 0.3) is 0 Å². The lowest BCUT2D eigenvalue weighted by Gasteiger charge is -2.44. The highest BCUT2D eigenvalue weighted by Crippen LogP contribution is 2.31. The van der Waals surface area contributed by atoms with Crippen LogP contribution in [0.1, 0.15) is 113 Å². The average molecular weight is 750 g/mol. The summed E-state index contributed by atoms with van der Waals surface area (Å²) in [6.45, 7) is 14.6. The number of unbranched alkanes of at least 4 members (excludes halogenated alkanes) is 5. The molecule has 0 radical (unpaired) electrons. The summed E-state index contributed by atoms with van der Waals surface area (Å²) in [5, 5.41) is 34.4. The molecule has 0 spiro atoms. The lowest BCUT2D eigenvalue weighted by atomic mass is 9.87. The molecule has 7 N–H and O–H groups in total. The van der Waals surface area contributed by atoms with Gasteiger partial charge in [-0.2, -0.15) is 0 Å². The largest absolute Gasteiger partial charge is 0.460 e. The lowest BCUT2D eigenvalue weighted by Crippen LogP contribution is -2.64. The Labute approximate surface area is 309 Å². The highest BCUT2D eigenvalue weighted by molar-refractivity contribution is 5.74. The highest BCUT2D eigenvalue weighted by Gasteiger charge is 2.47. The van der Waals surface area contributed by atoms with Crippen LogP contribution in [0.2, 0.25) is 0 Å². The van der Waals surface area contributed by atoms with Crippen molar-refractivity contribution in [3.05, 3.63) is 0 Å². The minimum absolute atomic E-state index is 0.0709. The van der Waals surface area contributed by atoms with Gasteiger partial charge in [0.15, 0.2) is 12.6 Å². The third-order valence-corrected chi connectivity index (χ3v) is 8.49. The molecule has 0 bridgehead atoms. The van der Waals surface area contributed by atoms with Gasteiger partial charge in [-0.15, -0.1) is 0 Å². The first kappa shape index (κ1) is 47.6. The van der Waals surface area contributed by atoms with Crippen LogP contribution in [-0.4, -0.2) is 126 Å². The van der Waals surface area contributed by atoms with Crippen LogP contribution in [-0.2, 0) is 47.6 Å². The second-order valence-electron chi connectivity index (χ2n) is 14.4. The van der Waals surface area contributed by atoms with E-state index in [1.165, 1.54) is 20.8 Å². The molecule has 0 unspecified atom stereocenters. The van der Waals surface area contributed by atoms with Gasteiger partial charge in [0, 0.05) is 46.3 Å². The zero-order valence-electron chi connectivity index (χ0n) is 32.5. The van der Waals surface area contributed by atoms with Crippen LogP contribution < -0.4 is 16.4 Å². The molecule has 52 heavy (non-hydrogen) atoms. The minimum atomic E-state index is -1.29. The number of rotatable bonds is 19. The Hall–Kier alpha value is -2.44. The summed E-state index contributed by atoms with van der Waals surface area (Å²) in [6, 6.07) is -1.44. The first-order chi connectivity index (χ1) is 24.4. The number of aliphatic hydroxyl groups excluding tert-OH is 3. The summed E-state index contributed by atoms with van der Waals surface area (Å²) in [5.41, 5.74) is 4.95. The number of aliphatic hydroxyl groups is 3. The normalized spacial score (nSPS) is 28.9. The van der Waals surface area contributed by atoms with Gasteiger partial charge in [0.25, 0.3) is 0 Å². The second-order valence-corrected chi connectivity index (χ2v) is 14.4. The maximum Gasteiger partial charge on any atom is 0.306 e. The van der Waals surface area contributed by atoms with E-state index >= 15 is 0 Å². The molecule has 0 aromatic heterocycles. The molecule has 0 aliphatic carbocycles. The molecule has 2 heterocycles. The van der Waals surface area contributed by atoms with Crippen LogP contribution in [0.15, 0.2) is 0 Å². The Morgan fingerprint density at radius 3 is 1.79 bits per heavy atom. The van der Waals surface area contributed by atoms with E-state index in [2.05, 4.69) is 10.6 Å². The molecule has 2 saturated heterocycles. The zero-order chi connectivity index (χ0) is 39.4. The molecule has 0 aromatic carbocycles. The van der Waals surface area contributed by atoms with Gasteiger partial charge in [-0.1, -0.05) is 26.7 Å². The molecule has 0 aromatic rings. The van der Waals surface area contributed by atoms with Gasteiger partial charge < -0.3 is 60.1 Å². The molecule has 2 amide bonds. The number of nitrogens with one attached hydrogen (secondary N) is 2. The quantitative estimate of drug-likeness (QED) is 0.0813. The van der Waals surface area contributed by atoms with Crippen molar-refractivity contribution in [1.82, 2.24) is 10.6 Å². The Morgan fingerprint density at radius 1 is 0.769 bits per heavy atom. The maximum atomic E-state index is 11.7. The van der Waals surface area contributed by atoms with Crippen molar-refractivity contribution in [3.8, 4) is 0 Å². The van der Waals surface area contributed by atoms with Crippen LogP contribution >= 0.6 is 0 Å². The van der Waals surface area contributed by atoms with Gasteiger partial charge in [-0.3, -0.25) is 19.2 Å². The zero-order valence-corrected chi connectivity index (χ0v) is 32.5. The van der Waals surface area contributed by atoms with Crippen LogP contribution in [0.3, 0.4) is 0 Å². The summed E-state index contributed by atoms with van der Waals surface area (Å²) in [5.74, 6) is -1.24. The minimum Gasteiger partial charge on any atom is -0.460 e. The molecule has 2 fully saturated rings. The molecule has 10 atom stereocenters. The number of esters is 2. The fourth-order valence-corrected chi connectivity index (χ4v) is 5.99. The molecule has 16 heteroatoms. The molecule has 16 nitrogen and oxygen atoms in total. The smallest absolute Gasteiger partial charge is 0.306 e. The Balaban J connectivity index is 0.000000560. The van der Waals surface area contributed by atoms with E-state index in [1.807, 2.05) is 34.6 Å². The molecular weight excluding hydrogens is 682 g/mol. The summed E-state index contributed by atoms with van der Waals surface area (Å²) >= 11 is 0. The van der Waals surface area contributed by atoms with Crippen molar-refractivity contribution in [3.63, 3.8) is 0 Å². The topological polar surface area (TPSA) is 234 Å². The van der Waals surface area contributed by atoms with Crippen molar-refractivity contribution in [2.75, 3.05) is 26.4 Å². The number of amides is 2. The lowest BCUT2D eigenvalue weighted by molar-refractivity contribution is -0.270. The van der Waals surface area contributed by atoms with Crippen molar-refractivity contribution in [1.29, 1.82) is 0 Å². The summed E-state index contributed by atoms with van der Waals surface area (Å²) < 4.78 is 33.8. The van der Waals surface area contributed by atoms with Gasteiger partial charge >= 0.3 is 11.9 Å². The third-order valence-electron chi connectivity index (χ3n) is 8.49. The van der Waals surface area contributed by atoms with Gasteiger partial charge in [-0.05, 0) is 65.8 Å². The van der Waals surface area contributed by atoms with Crippen LogP contribution in [0.5, 0.6) is 0 Å². The first-order valence-corrected chi connectivity index (χ1v) is 18.6. The molecular formula is C36H67N3O13. The van der Waals surface area contributed by atoms with Crippen molar-refractivity contribution in [2.45, 2.75) is 174 Å². The summed E-state index contributed by atoms with van der Waals surface area (Å²) in [4.78, 5) is 46.3. The number of hydrogen-bond donors (Lipinski definition) is 6. The Bertz CT molecular complexity index is 1060. The third kappa shape index (κ3) is 18.1. The van der Waals surface area contributed by atoms with E-state index in [4.69, 9.17) is 39.3 Å². The Morgan fingerprint density at radius 2 is 1.29 bits per heavy atom. The number of hydrogen-bond acceptors (Lipinski definition) is 14. The van der Waals surface area contributed by atoms with E-state index in [0.29, 0.717) is 26.2 Å². The van der Waals surface area contributed by atoms with E-state index in [-0.39, 0.29) is 29.8 Å². The van der Waals surface area contributed by atoms with E-state index < -0.39 is 67.3 Å². The fourth-order valence-electron chi connectivity index (χ4n) is 5.99. The molecule has 0 saturated carbocycles. The van der Waals surface area contributed by atoms with Crippen molar-refractivity contribution in [2.24, 2.45) is 11.7 Å². The van der Waals surface area contributed by atoms with Crippen LogP contribution in [0, 0.1) is 5.92 Å². The molecule has 304 valence electrons. The number of carbonyl (C=O) groups excluding carboxylic acids is 4. The second kappa shape index (κ2) is 24.8. The SMILES string of the molecule is CC(=O)N[C@H]1[C@H](OCCCCCN)O[C@H](CO)[C@H](O)[C@@H]1O.CC[C@H]1O[C@@H](OCCCCCCC(=O)OC(C)(C)C)[C@H](NC(C)=O)[C@@H](OC(C)=O)[C@H]1C. The standard InChI is InChI=1S/C23H41NO7.C13H26N2O6/c1-8-18-15(2)21(29-17(4)26)20(24-16(3)25)22(30-18)28-14-12-10-9-11-13-19(27)31-23(5,6)7;1-8(17)15-10-12(19)11(18)9(7-16)21-13(10)20-6-4-2-3-5-14/h15,18,20-22H,8-14H2,1-7H3,(H,24,25);9-13,16,18-19H,2-7,14H2,1H3,(H,15,17)/t15-,18+,20+,21-,22+;9-,10-,11+,12-,13-/m01/s1. The van der Waals surface area contributed by atoms with Crippen LogP contribution in [0.4, 0.5) is 0 Å². The Kier molecular flexibility index (Phi) is 22.7. The molecule has 2 rings (SSSR count). The van der Waals surface area contributed by atoms with Crippen molar-refractivity contribution < 1.29 is 62.9 Å². The van der Waals surface area contributed by atoms with Gasteiger partial charge in [0.05, 0.1) is 12.7 Å². The number of carbonyl (C=O) groups is 4.